The molecule has 0 fully saturated rings. The summed E-state index contributed by atoms with van der Waals surface area (Å²) in [6, 6.07) is 12.1. The maximum Gasteiger partial charge on any atom is 0.188 e. The van der Waals surface area contributed by atoms with Crippen molar-refractivity contribution in [3.05, 3.63) is 46.4 Å². The quantitative estimate of drug-likeness (QED) is 0.713. The Morgan fingerprint density at radius 2 is 2.10 bits per heavy atom. The molecule has 0 saturated carbocycles. The van der Waals surface area contributed by atoms with Crippen LogP contribution in [0.1, 0.15) is 5.56 Å². The number of ether oxygens (including phenoxy) is 1. The second-order valence-electron chi connectivity index (χ2n) is 4.41. The summed E-state index contributed by atoms with van der Waals surface area (Å²) in [5.41, 5.74) is 3.21. The smallest absolute Gasteiger partial charge is 0.188 e. The lowest BCUT2D eigenvalue weighted by Gasteiger charge is -2.07. The number of halogens is 1. The minimum atomic E-state index is 0.798. The molecular formula is C15H13BrN2OS. The van der Waals surface area contributed by atoms with Crippen LogP contribution in [-0.4, -0.2) is 12.1 Å². The molecule has 0 bridgehead atoms. The Morgan fingerprint density at radius 1 is 1.25 bits per heavy atom. The Morgan fingerprint density at radius 3 is 2.85 bits per heavy atom. The number of anilines is 2. The molecule has 0 saturated heterocycles. The van der Waals surface area contributed by atoms with Crippen molar-refractivity contribution in [1.82, 2.24) is 4.98 Å². The summed E-state index contributed by atoms with van der Waals surface area (Å²) >= 11 is 5.10. The van der Waals surface area contributed by atoms with E-state index in [-0.39, 0.29) is 0 Å². The first kappa shape index (κ1) is 13.4. The van der Waals surface area contributed by atoms with E-state index in [1.54, 1.807) is 18.4 Å². The van der Waals surface area contributed by atoms with E-state index in [4.69, 9.17) is 4.74 Å². The van der Waals surface area contributed by atoms with E-state index < -0.39 is 0 Å². The van der Waals surface area contributed by atoms with Gasteiger partial charge in [0.2, 0.25) is 0 Å². The molecule has 3 nitrogen and oxygen atoms in total. The number of aryl methyl sites for hydroxylation is 1. The number of fused-ring (bicyclic) bond motifs is 1. The van der Waals surface area contributed by atoms with E-state index in [2.05, 4.69) is 51.4 Å². The van der Waals surface area contributed by atoms with Crippen molar-refractivity contribution in [2.24, 2.45) is 0 Å². The number of para-hydroxylation sites is 1. The zero-order valence-corrected chi connectivity index (χ0v) is 13.5. The fraction of sp³-hybridized carbons (Fsp3) is 0.133. The van der Waals surface area contributed by atoms with Gasteiger partial charge in [-0.3, -0.25) is 0 Å². The number of thiazole rings is 1. The SMILES string of the molecule is COc1cc(Nc2nc3c(C)cccc3s2)ccc1Br. The lowest BCUT2D eigenvalue weighted by Crippen LogP contribution is -1.91. The van der Waals surface area contributed by atoms with Gasteiger partial charge in [-0.2, -0.15) is 0 Å². The van der Waals surface area contributed by atoms with Crippen LogP contribution in [0.5, 0.6) is 5.75 Å². The largest absolute Gasteiger partial charge is 0.495 e. The fourth-order valence-electron chi connectivity index (χ4n) is 2.00. The predicted molar refractivity (Wildman–Crippen MR) is 88.3 cm³/mol. The van der Waals surface area contributed by atoms with Crippen LogP contribution in [0.2, 0.25) is 0 Å². The predicted octanol–water partition coefficient (Wildman–Crippen LogP) is 5.12. The Bertz CT molecular complexity index is 770. The van der Waals surface area contributed by atoms with Gasteiger partial charge in [-0.1, -0.05) is 23.5 Å². The number of nitrogens with one attached hydrogen (secondary N) is 1. The van der Waals surface area contributed by atoms with Crippen molar-refractivity contribution in [3.63, 3.8) is 0 Å². The van der Waals surface area contributed by atoms with Crippen LogP contribution in [0.25, 0.3) is 10.2 Å². The molecule has 0 aliphatic heterocycles. The highest BCUT2D eigenvalue weighted by atomic mass is 79.9. The molecule has 20 heavy (non-hydrogen) atoms. The van der Waals surface area contributed by atoms with Crippen molar-refractivity contribution in [2.45, 2.75) is 6.92 Å². The highest BCUT2D eigenvalue weighted by Crippen LogP contribution is 2.33. The van der Waals surface area contributed by atoms with E-state index in [9.17, 15) is 0 Å². The summed E-state index contributed by atoms with van der Waals surface area (Å²) in [4.78, 5) is 4.64. The van der Waals surface area contributed by atoms with Crippen molar-refractivity contribution in [3.8, 4) is 5.75 Å². The molecule has 3 aromatic rings. The van der Waals surface area contributed by atoms with E-state index in [0.717, 1.165) is 26.6 Å². The molecule has 1 N–H and O–H groups in total. The zero-order chi connectivity index (χ0) is 14.1. The van der Waals surface area contributed by atoms with Crippen molar-refractivity contribution in [2.75, 3.05) is 12.4 Å². The Labute approximate surface area is 129 Å². The molecule has 1 heterocycles. The number of hydrogen-bond acceptors (Lipinski definition) is 4. The van der Waals surface area contributed by atoms with Crippen LogP contribution < -0.4 is 10.1 Å². The van der Waals surface area contributed by atoms with Gasteiger partial charge < -0.3 is 10.1 Å². The number of rotatable bonds is 3. The van der Waals surface area contributed by atoms with Crippen LogP contribution >= 0.6 is 27.3 Å². The van der Waals surface area contributed by atoms with E-state index >= 15 is 0 Å². The minimum absolute atomic E-state index is 0.798. The summed E-state index contributed by atoms with van der Waals surface area (Å²) < 4.78 is 7.42. The van der Waals surface area contributed by atoms with Gasteiger partial charge >= 0.3 is 0 Å². The average molecular weight is 349 g/mol. The maximum atomic E-state index is 5.30. The monoisotopic (exact) mass is 348 g/mol. The third-order valence-corrected chi connectivity index (χ3v) is 4.61. The molecule has 2 aromatic carbocycles. The van der Waals surface area contributed by atoms with Crippen LogP contribution in [0.4, 0.5) is 10.8 Å². The number of benzene rings is 2. The van der Waals surface area contributed by atoms with Crippen LogP contribution in [0.15, 0.2) is 40.9 Å². The number of hydrogen-bond donors (Lipinski definition) is 1. The van der Waals surface area contributed by atoms with Crippen LogP contribution in [0, 0.1) is 6.92 Å². The molecule has 0 aliphatic carbocycles. The van der Waals surface area contributed by atoms with Gasteiger partial charge in [-0.15, -0.1) is 0 Å². The second kappa shape index (κ2) is 5.42. The molecule has 0 unspecified atom stereocenters. The molecule has 0 radical (unpaired) electrons. The summed E-state index contributed by atoms with van der Waals surface area (Å²) in [6.07, 6.45) is 0. The minimum Gasteiger partial charge on any atom is -0.495 e. The second-order valence-corrected chi connectivity index (χ2v) is 6.30. The standard InChI is InChI=1S/C15H13BrN2OS/c1-9-4-3-5-13-14(9)18-15(20-13)17-10-6-7-11(16)12(8-10)19-2/h3-8H,1-2H3,(H,17,18). The number of aromatic nitrogens is 1. The maximum absolute atomic E-state index is 5.30. The lowest BCUT2D eigenvalue weighted by molar-refractivity contribution is 0.412. The highest BCUT2D eigenvalue weighted by Gasteiger charge is 2.07. The summed E-state index contributed by atoms with van der Waals surface area (Å²) in [7, 11) is 1.66. The first-order valence-corrected chi connectivity index (χ1v) is 7.75. The summed E-state index contributed by atoms with van der Waals surface area (Å²) in [5.74, 6) is 0.798. The molecule has 0 spiro atoms. The highest BCUT2D eigenvalue weighted by molar-refractivity contribution is 9.10. The molecular weight excluding hydrogens is 336 g/mol. The normalized spacial score (nSPS) is 10.8. The Balaban J connectivity index is 1.95. The Kier molecular flexibility index (Phi) is 3.63. The topological polar surface area (TPSA) is 34.1 Å². The van der Waals surface area contributed by atoms with Crippen molar-refractivity contribution >= 4 is 48.3 Å². The van der Waals surface area contributed by atoms with Crippen LogP contribution in [-0.2, 0) is 0 Å². The van der Waals surface area contributed by atoms with Gasteiger partial charge in [0, 0.05) is 11.8 Å². The van der Waals surface area contributed by atoms with E-state index in [1.807, 2.05) is 18.2 Å². The fourth-order valence-corrected chi connectivity index (χ4v) is 3.37. The van der Waals surface area contributed by atoms with E-state index in [1.165, 1.54) is 10.3 Å². The first-order valence-electron chi connectivity index (χ1n) is 6.14. The molecule has 0 aliphatic rings. The average Bonchev–Trinajstić information content (AvgIpc) is 2.85. The van der Waals surface area contributed by atoms with Crippen molar-refractivity contribution in [1.29, 1.82) is 0 Å². The zero-order valence-electron chi connectivity index (χ0n) is 11.1. The molecule has 102 valence electrons. The van der Waals surface area contributed by atoms with Gasteiger partial charge in [-0.25, -0.2) is 4.98 Å². The molecule has 5 heteroatoms. The van der Waals surface area contributed by atoms with Gasteiger partial charge in [0.15, 0.2) is 5.13 Å². The van der Waals surface area contributed by atoms with Crippen molar-refractivity contribution < 1.29 is 4.74 Å². The number of nitrogens with zero attached hydrogens (tertiary/aromatic N) is 1. The third kappa shape index (κ3) is 2.51. The molecule has 0 atom stereocenters. The van der Waals surface area contributed by atoms with Gasteiger partial charge in [0.05, 0.1) is 21.8 Å². The summed E-state index contributed by atoms with van der Waals surface area (Å²) in [6.45, 7) is 2.08. The molecule has 3 rings (SSSR count). The molecule has 1 aromatic heterocycles. The summed E-state index contributed by atoms with van der Waals surface area (Å²) in [5, 5.41) is 4.22. The third-order valence-electron chi connectivity index (χ3n) is 3.02. The van der Waals surface area contributed by atoms with Gasteiger partial charge in [0.25, 0.3) is 0 Å². The van der Waals surface area contributed by atoms with Crippen LogP contribution in [0.3, 0.4) is 0 Å². The van der Waals surface area contributed by atoms with E-state index in [0.29, 0.717) is 0 Å². The molecule has 0 amide bonds. The van der Waals surface area contributed by atoms with Gasteiger partial charge in [0.1, 0.15) is 5.75 Å². The first-order chi connectivity index (χ1) is 9.67. The number of methoxy groups -OCH3 is 1. The van der Waals surface area contributed by atoms with Gasteiger partial charge in [-0.05, 0) is 46.6 Å². The lowest BCUT2D eigenvalue weighted by atomic mass is 10.2. The Hall–Kier alpha value is -1.59.